The highest BCUT2D eigenvalue weighted by Crippen LogP contribution is 2.15. The number of hydrogen-bond donors (Lipinski definition) is 2. The number of methoxy groups -OCH3 is 1. The van der Waals surface area contributed by atoms with E-state index < -0.39 is 5.82 Å². The lowest BCUT2D eigenvalue weighted by Crippen LogP contribution is -2.14. The Balaban J connectivity index is 0.00000144. The minimum absolute atomic E-state index is 0. The van der Waals surface area contributed by atoms with E-state index in [0.29, 0.717) is 0 Å². The average Bonchev–Trinajstić information content (AvgIpc) is 2.03. The van der Waals surface area contributed by atoms with Crippen LogP contribution in [0.1, 0.15) is 5.69 Å². The molecule has 0 saturated carbocycles. The third-order valence-corrected chi connectivity index (χ3v) is 1.29. The first-order valence-corrected chi connectivity index (χ1v) is 3.19. The Morgan fingerprint density at radius 3 is 2.77 bits per heavy atom. The van der Waals surface area contributed by atoms with Crippen molar-refractivity contribution in [1.29, 1.82) is 5.41 Å². The molecule has 1 heterocycles. The summed E-state index contributed by atoms with van der Waals surface area (Å²) in [7, 11) is 1.36. The fourth-order valence-corrected chi connectivity index (χ4v) is 0.779. The van der Waals surface area contributed by atoms with E-state index in [1.807, 2.05) is 0 Å². The predicted octanol–water partition coefficient (Wildman–Crippen LogP) is 0.935. The van der Waals surface area contributed by atoms with Crippen molar-refractivity contribution in [1.82, 2.24) is 4.98 Å². The summed E-state index contributed by atoms with van der Waals surface area (Å²) in [4.78, 5) is 3.60. The smallest absolute Gasteiger partial charge is 0.151 e. The van der Waals surface area contributed by atoms with Gasteiger partial charge in [-0.2, -0.15) is 0 Å². The second kappa shape index (κ2) is 4.61. The fraction of sp³-hybridized carbons (Fsp3) is 0.143. The van der Waals surface area contributed by atoms with E-state index in [4.69, 9.17) is 15.9 Å². The first-order chi connectivity index (χ1) is 5.65. The number of ether oxygens (including phenoxy) is 1. The van der Waals surface area contributed by atoms with E-state index in [1.165, 1.54) is 7.11 Å². The van der Waals surface area contributed by atoms with Gasteiger partial charge in [-0.05, 0) is 0 Å². The SMILES string of the molecule is COc1cc(F)cnc1C(=N)N.Cl. The Hall–Kier alpha value is -1.36. The molecule has 0 fully saturated rings. The maximum absolute atomic E-state index is 12.5. The van der Waals surface area contributed by atoms with Gasteiger partial charge in [0.15, 0.2) is 5.75 Å². The van der Waals surface area contributed by atoms with Gasteiger partial charge in [0, 0.05) is 6.07 Å². The number of pyridine rings is 1. The maximum Gasteiger partial charge on any atom is 0.151 e. The van der Waals surface area contributed by atoms with Crippen LogP contribution in [0.25, 0.3) is 0 Å². The first kappa shape index (κ1) is 11.6. The molecule has 3 N–H and O–H groups in total. The van der Waals surface area contributed by atoms with E-state index in [1.54, 1.807) is 0 Å². The number of nitrogens with zero attached hydrogens (tertiary/aromatic N) is 1. The van der Waals surface area contributed by atoms with Gasteiger partial charge in [0.25, 0.3) is 0 Å². The number of nitrogen functional groups attached to an aromatic ring is 1. The van der Waals surface area contributed by atoms with Crippen molar-refractivity contribution in [2.75, 3.05) is 7.11 Å². The Morgan fingerprint density at radius 2 is 2.31 bits per heavy atom. The highest BCUT2D eigenvalue weighted by Gasteiger charge is 2.07. The van der Waals surface area contributed by atoms with Crippen molar-refractivity contribution in [2.24, 2.45) is 5.73 Å². The molecule has 0 spiro atoms. The van der Waals surface area contributed by atoms with Gasteiger partial charge in [0.1, 0.15) is 17.3 Å². The fourth-order valence-electron chi connectivity index (χ4n) is 0.779. The van der Waals surface area contributed by atoms with Crippen LogP contribution in [0.2, 0.25) is 0 Å². The highest BCUT2D eigenvalue weighted by atomic mass is 35.5. The molecule has 0 aromatic carbocycles. The van der Waals surface area contributed by atoms with Crippen LogP contribution in [-0.4, -0.2) is 17.9 Å². The van der Waals surface area contributed by atoms with E-state index in [-0.39, 0.29) is 29.7 Å². The summed E-state index contributed by atoms with van der Waals surface area (Å²) in [5.74, 6) is -0.591. The zero-order valence-electron chi connectivity index (χ0n) is 6.87. The van der Waals surface area contributed by atoms with Crippen molar-refractivity contribution in [2.45, 2.75) is 0 Å². The second-order valence-electron chi connectivity index (χ2n) is 2.12. The molecule has 6 heteroatoms. The average molecular weight is 206 g/mol. The molecular formula is C7H9ClFN3O. The van der Waals surface area contributed by atoms with Crippen molar-refractivity contribution >= 4 is 18.2 Å². The molecule has 0 amide bonds. The molecule has 1 aromatic rings. The standard InChI is InChI=1S/C7H8FN3O.ClH/c1-12-5-2-4(8)3-11-6(5)7(9)10;/h2-3H,1H3,(H3,9,10);1H. The Bertz CT molecular complexity index is 319. The van der Waals surface area contributed by atoms with Crippen LogP contribution in [0.15, 0.2) is 12.3 Å². The number of aromatic nitrogens is 1. The largest absolute Gasteiger partial charge is 0.494 e. The molecule has 0 radical (unpaired) electrons. The number of rotatable bonds is 2. The van der Waals surface area contributed by atoms with Gasteiger partial charge < -0.3 is 10.5 Å². The van der Waals surface area contributed by atoms with Crippen molar-refractivity contribution < 1.29 is 9.13 Å². The third kappa shape index (κ3) is 2.55. The number of hydrogen-bond acceptors (Lipinski definition) is 3. The summed E-state index contributed by atoms with van der Waals surface area (Å²) in [5.41, 5.74) is 5.31. The lowest BCUT2D eigenvalue weighted by Gasteiger charge is -2.04. The maximum atomic E-state index is 12.5. The predicted molar refractivity (Wildman–Crippen MR) is 49.0 cm³/mol. The second-order valence-corrected chi connectivity index (χ2v) is 2.12. The summed E-state index contributed by atoms with van der Waals surface area (Å²) in [5, 5.41) is 7.06. The van der Waals surface area contributed by atoms with Crippen LogP contribution >= 0.6 is 12.4 Å². The van der Waals surface area contributed by atoms with Gasteiger partial charge in [-0.1, -0.05) is 0 Å². The number of halogens is 2. The van der Waals surface area contributed by atoms with Crippen molar-refractivity contribution in [3.63, 3.8) is 0 Å². The molecule has 0 bridgehead atoms. The summed E-state index contributed by atoms with van der Waals surface area (Å²) in [6.45, 7) is 0. The van der Waals surface area contributed by atoms with Crippen LogP contribution in [0, 0.1) is 11.2 Å². The zero-order valence-corrected chi connectivity index (χ0v) is 7.69. The van der Waals surface area contributed by atoms with Gasteiger partial charge in [0.05, 0.1) is 13.3 Å². The van der Waals surface area contributed by atoms with Crippen LogP contribution in [-0.2, 0) is 0 Å². The number of nitrogens with one attached hydrogen (secondary N) is 1. The normalized spacial score (nSPS) is 8.77. The molecular weight excluding hydrogens is 197 g/mol. The van der Waals surface area contributed by atoms with E-state index in [0.717, 1.165) is 12.3 Å². The molecule has 0 atom stereocenters. The first-order valence-electron chi connectivity index (χ1n) is 3.19. The van der Waals surface area contributed by atoms with Crippen LogP contribution in [0.5, 0.6) is 5.75 Å². The molecule has 0 saturated heterocycles. The number of nitrogens with two attached hydrogens (primary N) is 1. The lowest BCUT2D eigenvalue weighted by molar-refractivity contribution is 0.407. The van der Waals surface area contributed by atoms with Gasteiger partial charge in [-0.25, -0.2) is 9.37 Å². The third-order valence-electron chi connectivity index (χ3n) is 1.29. The number of amidine groups is 1. The monoisotopic (exact) mass is 205 g/mol. The molecule has 0 unspecified atom stereocenters. The molecule has 13 heavy (non-hydrogen) atoms. The Labute approximate surface area is 80.8 Å². The van der Waals surface area contributed by atoms with E-state index >= 15 is 0 Å². The molecule has 0 aliphatic heterocycles. The van der Waals surface area contributed by atoms with Crippen molar-refractivity contribution in [3.05, 3.63) is 23.8 Å². The molecule has 4 nitrogen and oxygen atoms in total. The highest BCUT2D eigenvalue weighted by molar-refractivity contribution is 5.95. The Kier molecular flexibility index (Phi) is 4.13. The van der Waals surface area contributed by atoms with Gasteiger partial charge >= 0.3 is 0 Å². The Morgan fingerprint density at radius 1 is 1.69 bits per heavy atom. The molecule has 72 valence electrons. The molecule has 1 rings (SSSR count). The van der Waals surface area contributed by atoms with Crippen LogP contribution < -0.4 is 10.5 Å². The summed E-state index contributed by atoms with van der Waals surface area (Å²) < 4.78 is 17.3. The minimum Gasteiger partial charge on any atom is -0.494 e. The van der Waals surface area contributed by atoms with Crippen LogP contribution in [0.3, 0.4) is 0 Å². The van der Waals surface area contributed by atoms with Crippen molar-refractivity contribution in [3.8, 4) is 5.75 Å². The topological polar surface area (TPSA) is 72.0 Å². The van der Waals surface area contributed by atoms with Crippen LogP contribution in [0.4, 0.5) is 4.39 Å². The summed E-state index contributed by atoms with van der Waals surface area (Å²) >= 11 is 0. The van der Waals surface area contributed by atoms with Gasteiger partial charge in [-0.15, -0.1) is 12.4 Å². The minimum atomic E-state index is -0.517. The van der Waals surface area contributed by atoms with Gasteiger partial charge in [-0.3, -0.25) is 5.41 Å². The zero-order chi connectivity index (χ0) is 9.14. The summed E-state index contributed by atoms with van der Waals surface area (Å²) in [6.07, 6.45) is 0.985. The van der Waals surface area contributed by atoms with Gasteiger partial charge in [0.2, 0.25) is 0 Å². The molecule has 0 aliphatic carbocycles. The molecule has 1 aromatic heterocycles. The quantitative estimate of drug-likeness (QED) is 0.558. The summed E-state index contributed by atoms with van der Waals surface area (Å²) in [6, 6.07) is 1.13. The molecule has 0 aliphatic rings. The lowest BCUT2D eigenvalue weighted by atomic mass is 10.3. The van der Waals surface area contributed by atoms with E-state index in [2.05, 4.69) is 4.98 Å². The van der Waals surface area contributed by atoms with E-state index in [9.17, 15) is 4.39 Å².